The molecule has 0 bridgehead atoms. The topological polar surface area (TPSA) is 36.9 Å². The number of allylic oxidation sites excluding steroid dienone is 1. The summed E-state index contributed by atoms with van der Waals surface area (Å²) in [6.07, 6.45) is 0.497. The molecular formula is C11H15Cl2F2N3OS. The molecule has 1 saturated heterocycles. The molecule has 1 unspecified atom stereocenters. The third kappa shape index (κ3) is 3.32. The van der Waals surface area contributed by atoms with Crippen molar-refractivity contribution in [3.63, 3.8) is 0 Å². The maximum atomic E-state index is 13.4. The van der Waals surface area contributed by atoms with Crippen molar-refractivity contribution in [2.24, 2.45) is 4.99 Å². The molecular weight excluding hydrogens is 331 g/mol. The summed E-state index contributed by atoms with van der Waals surface area (Å²) >= 11 is 12.6. The number of hydrogen-bond donors (Lipinski definition) is 1. The average Bonchev–Trinajstić information content (AvgIpc) is 2.47. The summed E-state index contributed by atoms with van der Waals surface area (Å²) in [6, 6.07) is 0. The highest BCUT2D eigenvalue weighted by molar-refractivity contribution is 8.00. The van der Waals surface area contributed by atoms with Crippen LogP contribution in [0.2, 0.25) is 0 Å². The van der Waals surface area contributed by atoms with Crippen LogP contribution < -0.4 is 5.32 Å². The van der Waals surface area contributed by atoms with E-state index in [2.05, 4.69) is 10.3 Å². The number of ether oxygens (including phenoxy) is 1. The second-order valence-corrected chi connectivity index (χ2v) is 6.42. The Bertz CT molecular complexity index is 416. The molecule has 4 nitrogen and oxygen atoms in total. The fraction of sp³-hybridized carbons (Fsp3) is 0.727. The van der Waals surface area contributed by atoms with Gasteiger partial charge in [-0.3, -0.25) is 0 Å². The fourth-order valence-electron chi connectivity index (χ4n) is 1.99. The van der Waals surface area contributed by atoms with Gasteiger partial charge in [-0.1, -0.05) is 23.2 Å². The summed E-state index contributed by atoms with van der Waals surface area (Å²) < 4.78 is 32.1. The summed E-state index contributed by atoms with van der Waals surface area (Å²) in [5, 5.41) is 2.81. The van der Waals surface area contributed by atoms with Gasteiger partial charge in [0.25, 0.3) is 6.43 Å². The SMILES string of the molecule is CSC1(C(F)F)N=C(C(Cl)Cl)C=C(N2CCOCC2)N1. The Kier molecular flexibility index (Phi) is 5.39. The van der Waals surface area contributed by atoms with E-state index in [1.165, 1.54) is 0 Å². The van der Waals surface area contributed by atoms with Gasteiger partial charge in [-0.15, -0.1) is 11.8 Å². The first-order chi connectivity index (χ1) is 9.48. The Balaban J connectivity index is 2.30. The lowest BCUT2D eigenvalue weighted by molar-refractivity contribution is 0.0403. The highest BCUT2D eigenvalue weighted by Gasteiger charge is 2.43. The molecule has 0 aliphatic carbocycles. The lowest BCUT2D eigenvalue weighted by Gasteiger charge is -2.40. The van der Waals surface area contributed by atoms with E-state index in [0.29, 0.717) is 32.1 Å². The van der Waals surface area contributed by atoms with Crippen molar-refractivity contribution >= 4 is 40.7 Å². The molecule has 0 aromatic heterocycles. The van der Waals surface area contributed by atoms with E-state index in [-0.39, 0.29) is 5.71 Å². The van der Waals surface area contributed by atoms with Crippen molar-refractivity contribution in [1.29, 1.82) is 0 Å². The van der Waals surface area contributed by atoms with Crippen LogP contribution in [0, 0.1) is 0 Å². The summed E-state index contributed by atoms with van der Waals surface area (Å²) in [4.78, 5) is 3.23. The molecule has 2 heterocycles. The zero-order chi connectivity index (χ0) is 14.8. The fourth-order valence-corrected chi connectivity index (χ4v) is 2.79. The number of rotatable bonds is 4. The van der Waals surface area contributed by atoms with Crippen LogP contribution in [0.5, 0.6) is 0 Å². The Morgan fingerprint density at radius 2 is 2.10 bits per heavy atom. The quantitative estimate of drug-likeness (QED) is 0.793. The molecule has 0 aromatic carbocycles. The monoisotopic (exact) mass is 345 g/mol. The third-order valence-corrected chi connectivity index (χ3v) is 4.51. The Morgan fingerprint density at radius 3 is 2.60 bits per heavy atom. The molecule has 2 aliphatic heterocycles. The van der Waals surface area contributed by atoms with Crippen LogP contribution in [-0.2, 0) is 4.74 Å². The van der Waals surface area contributed by atoms with Crippen molar-refractivity contribution in [2.75, 3.05) is 32.6 Å². The normalized spacial score (nSPS) is 27.4. The van der Waals surface area contributed by atoms with Gasteiger partial charge in [0.05, 0.1) is 18.9 Å². The van der Waals surface area contributed by atoms with Crippen LogP contribution in [0.15, 0.2) is 16.9 Å². The van der Waals surface area contributed by atoms with Gasteiger partial charge in [0.1, 0.15) is 10.7 Å². The molecule has 1 fully saturated rings. The largest absolute Gasteiger partial charge is 0.378 e. The summed E-state index contributed by atoms with van der Waals surface area (Å²) in [6.45, 7) is 2.35. The maximum Gasteiger partial charge on any atom is 0.291 e. The summed E-state index contributed by atoms with van der Waals surface area (Å²) in [7, 11) is 0. The highest BCUT2D eigenvalue weighted by atomic mass is 35.5. The number of thioether (sulfide) groups is 1. The summed E-state index contributed by atoms with van der Waals surface area (Å²) in [5.41, 5.74) is 0.239. The molecule has 114 valence electrons. The van der Waals surface area contributed by atoms with Crippen molar-refractivity contribution in [1.82, 2.24) is 10.2 Å². The minimum absolute atomic E-state index is 0.239. The summed E-state index contributed by atoms with van der Waals surface area (Å²) in [5.74, 6) is 0.555. The molecule has 0 aromatic rings. The van der Waals surface area contributed by atoms with Gasteiger partial charge in [-0.05, 0) is 6.26 Å². The predicted molar refractivity (Wildman–Crippen MR) is 78.8 cm³/mol. The van der Waals surface area contributed by atoms with E-state index >= 15 is 0 Å². The molecule has 1 atom stereocenters. The molecule has 0 radical (unpaired) electrons. The molecule has 0 saturated carbocycles. The second kappa shape index (κ2) is 6.68. The van der Waals surface area contributed by atoms with Crippen molar-refractivity contribution in [3.8, 4) is 0 Å². The standard InChI is InChI=1S/C11H15Cl2F2N3OS/c1-20-11(10(14)15)16-7(9(12)13)6-8(17-11)18-2-4-19-5-3-18/h6,9-10,17H,2-5H2,1H3. The first-order valence-electron chi connectivity index (χ1n) is 6.02. The molecule has 20 heavy (non-hydrogen) atoms. The van der Waals surface area contributed by atoms with Crippen LogP contribution in [0.25, 0.3) is 0 Å². The average molecular weight is 346 g/mol. The van der Waals surface area contributed by atoms with Crippen LogP contribution >= 0.6 is 35.0 Å². The number of hydrogen-bond acceptors (Lipinski definition) is 5. The van der Waals surface area contributed by atoms with Gasteiger partial charge in [-0.2, -0.15) is 0 Å². The molecule has 2 aliphatic rings. The van der Waals surface area contributed by atoms with E-state index in [1.54, 1.807) is 12.3 Å². The van der Waals surface area contributed by atoms with Crippen molar-refractivity contribution in [3.05, 3.63) is 11.9 Å². The van der Waals surface area contributed by atoms with Gasteiger partial charge in [0.15, 0.2) is 0 Å². The lowest BCUT2D eigenvalue weighted by Crippen LogP contribution is -2.54. The van der Waals surface area contributed by atoms with E-state index in [1.807, 2.05) is 4.90 Å². The number of nitrogens with one attached hydrogen (secondary N) is 1. The van der Waals surface area contributed by atoms with E-state index in [4.69, 9.17) is 27.9 Å². The smallest absolute Gasteiger partial charge is 0.291 e. The maximum absolute atomic E-state index is 13.4. The minimum Gasteiger partial charge on any atom is -0.378 e. The minimum atomic E-state index is -2.69. The van der Waals surface area contributed by atoms with Gasteiger partial charge in [0, 0.05) is 19.2 Å². The lowest BCUT2D eigenvalue weighted by atomic mass is 10.2. The van der Waals surface area contributed by atoms with Crippen LogP contribution in [0.4, 0.5) is 8.78 Å². The number of aliphatic imine (C=N–C) groups is 1. The number of morpholine rings is 1. The second-order valence-electron chi connectivity index (χ2n) is 4.29. The van der Waals surface area contributed by atoms with E-state index in [9.17, 15) is 8.78 Å². The molecule has 9 heteroatoms. The number of halogens is 4. The van der Waals surface area contributed by atoms with Gasteiger partial charge < -0.3 is 15.0 Å². The molecule has 0 spiro atoms. The third-order valence-electron chi connectivity index (χ3n) is 3.07. The molecule has 0 amide bonds. The van der Waals surface area contributed by atoms with Crippen LogP contribution in [0.3, 0.4) is 0 Å². The predicted octanol–water partition coefficient (Wildman–Crippen LogP) is 2.29. The van der Waals surface area contributed by atoms with Gasteiger partial charge in [0.2, 0.25) is 4.99 Å². The Morgan fingerprint density at radius 1 is 1.45 bits per heavy atom. The Labute approximate surface area is 130 Å². The molecule has 1 N–H and O–H groups in total. The highest BCUT2D eigenvalue weighted by Crippen LogP contribution is 2.34. The van der Waals surface area contributed by atoms with Crippen LogP contribution in [-0.4, -0.2) is 59.4 Å². The zero-order valence-corrected chi connectivity index (χ0v) is 13.1. The van der Waals surface area contributed by atoms with Crippen LogP contribution in [0.1, 0.15) is 0 Å². The first kappa shape index (κ1) is 16.1. The van der Waals surface area contributed by atoms with Crippen molar-refractivity contribution < 1.29 is 13.5 Å². The molecule has 2 rings (SSSR count). The van der Waals surface area contributed by atoms with Gasteiger partial charge in [-0.25, -0.2) is 13.8 Å². The van der Waals surface area contributed by atoms with Gasteiger partial charge >= 0.3 is 0 Å². The van der Waals surface area contributed by atoms with Crippen molar-refractivity contribution in [2.45, 2.75) is 16.3 Å². The number of nitrogens with zero attached hydrogens (tertiary/aromatic N) is 2. The van der Waals surface area contributed by atoms with E-state index in [0.717, 1.165) is 11.8 Å². The first-order valence-corrected chi connectivity index (χ1v) is 8.12. The zero-order valence-electron chi connectivity index (χ0n) is 10.8. The van der Waals surface area contributed by atoms with E-state index < -0.39 is 16.3 Å². The Hall–Kier alpha value is -0.240. The number of alkyl halides is 4.